The van der Waals surface area contributed by atoms with Crippen LogP contribution < -0.4 is 0 Å². The van der Waals surface area contributed by atoms with Crippen LogP contribution in [0.5, 0.6) is 0 Å². The Balaban J connectivity index is 2.62. The van der Waals surface area contributed by atoms with E-state index < -0.39 is 43.3 Å². The van der Waals surface area contributed by atoms with E-state index in [1.54, 1.807) is 6.92 Å². The molecule has 0 radical (unpaired) electrons. The van der Waals surface area contributed by atoms with E-state index in [2.05, 4.69) is 0 Å². The summed E-state index contributed by atoms with van der Waals surface area (Å²) in [5, 5.41) is 37.4. The van der Waals surface area contributed by atoms with Crippen LogP contribution in [0.1, 0.15) is 19.8 Å². The lowest BCUT2D eigenvalue weighted by Gasteiger charge is -2.39. The summed E-state index contributed by atoms with van der Waals surface area (Å²) in [4.78, 5) is 11.2. The minimum Gasteiger partial charge on any atom is -0.433 e. The van der Waals surface area contributed by atoms with Crippen LogP contribution in [0.3, 0.4) is 0 Å². The van der Waals surface area contributed by atoms with Gasteiger partial charge in [0.15, 0.2) is 0 Å². The molecule has 1 unspecified atom stereocenters. The Hall–Kier alpha value is -0.730. The van der Waals surface area contributed by atoms with Crippen LogP contribution >= 0.6 is 0 Å². The Morgan fingerprint density at radius 1 is 1.24 bits per heavy atom. The summed E-state index contributed by atoms with van der Waals surface area (Å²) in [5.74, 6) is -0.572. The van der Waals surface area contributed by atoms with Crippen LogP contribution in [0.25, 0.3) is 0 Å². The van der Waals surface area contributed by atoms with E-state index in [-0.39, 0.29) is 6.42 Å². The molecule has 0 aromatic rings. The van der Waals surface area contributed by atoms with E-state index in [4.69, 9.17) is 14.6 Å². The van der Waals surface area contributed by atoms with E-state index in [9.17, 15) is 20.1 Å². The van der Waals surface area contributed by atoms with Gasteiger partial charge in [-0.3, -0.25) is 4.79 Å². The van der Waals surface area contributed by atoms with E-state index in [0.717, 1.165) is 0 Å². The largest absolute Gasteiger partial charge is 0.433 e. The number of rotatable bonds is 4. The van der Waals surface area contributed by atoms with Crippen molar-refractivity contribution in [1.82, 2.24) is 0 Å². The molecule has 0 aliphatic carbocycles. The molecule has 5 atom stereocenters. The van der Waals surface area contributed by atoms with Gasteiger partial charge in [-0.05, 0) is 6.42 Å². The molecule has 1 aliphatic rings. The van der Waals surface area contributed by atoms with Crippen LogP contribution in [0.2, 0.25) is 0 Å². The number of carbonyl (C=O) groups is 1. The quantitative estimate of drug-likeness (QED) is 0.432. The van der Waals surface area contributed by atoms with Gasteiger partial charge in [-0.25, -0.2) is 0 Å². The van der Waals surface area contributed by atoms with Crippen LogP contribution in [0.15, 0.2) is 0 Å². The van der Waals surface area contributed by atoms with Gasteiger partial charge in [0.05, 0.1) is 6.61 Å². The van der Waals surface area contributed by atoms with E-state index in [0.29, 0.717) is 6.42 Å². The molecule has 1 aliphatic heterocycles. The monoisotopic (exact) mass is 250 g/mol. The first-order valence-corrected chi connectivity index (χ1v) is 5.51. The number of hydrogen-bond donors (Lipinski definition) is 4. The van der Waals surface area contributed by atoms with Gasteiger partial charge in [-0.1, -0.05) is 6.92 Å². The van der Waals surface area contributed by atoms with E-state index >= 15 is 0 Å². The van der Waals surface area contributed by atoms with E-state index in [1.165, 1.54) is 0 Å². The first-order chi connectivity index (χ1) is 8.01. The fraction of sp³-hybridized carbons (Fsp3) is 0.900. The highest BCUT2D eigenvalue weighted by molar-refractivity contribution is 5.69. The van der Waals surface area contributed by atoms with Crippen molar-refractivity contribution in [3.63, 3.8) is 0 Å². The highest BCUT2D eigenvalue weighted by Gasteiger charge is 2.45. The summed E-state index contributed by atoms with van der Waals surface area (Å²) in [5.41, 5.74) is 0. The Bertz CT molecular complexity index is 255. The summed E-state index contributed by atoms with van der Waals surface area (Å²) in [6.07, 6.45) is -6.20. The minimum absolute atomic E-state index is 0.162. The zero-order valence-electron chi connectivity index (χ0n) is 9.52. The zero-order valence-corrected chi connectivity index (χ0v) is 9.52. The van der Waals surface area contributed by atoms with Crippen molar-refractivity contribution in [1.29, 1.82) is 0 Å². The molecule has 1 saturated heterocycles. The number of esters is 1. The second-order valence-electron chi connectivity index (χ2n) is 3.94. The van der Waals surface area contributed by atoms with Crippen molar-refractivity contribution in [2.45, 2.75) is 50.5 Å². The molecule has 1 rings (SSSR count). The standard InChI is InChI=1S/C10H18O7/c1-2-3-6(12)17-10-9(15)8(14)7(13)5(4-11)16-10/h5,7-11,13-15H,2-4H2,1H3/t5-,7+,8+,9-,10?/m1/s1. The van der Waals surface area contributed by atoms with Gasteiger partial charge in [-0.15, -0.1) is 0 Å². The number of carbonyl (C=O) groups excluding carboxylic acids is 1. The van der Waals surface area contributed by atoms with Gasteiger partial charge in [-0.2, -0.15) is 0 Å². The molecule has 0 amide bonds. The highest BCUT2D eigenvalue weighted by Crippen LogP contribution is 2.22. The first-order valence-electron chi connectivity index (χ1n) is 5.51. The van der Waals surface area contributed by atoms with Gasteiger partial charge < -0.3 is 29.9 Å². The lowest BCUT2D eigenvalue weighted by molar-refractivity contribution is -0.292. The maximum absolute atomic E-state index is 11.2. The van der Waals surface area contributed by atoms with Crippen molar-refractivity contribution in [3.05, 3.63) is 0 Å². The second-order valence-corrected chi connectivity index (χ2v) is 3.94. The molecule has 17 heavy (non-hydrogen) atoms. The second kappa shape index (κ2) is 6.27. The molecule has 0 spiro atoms. The molecule has 1 heterocycles. The molecule has 4 N–H and O–H groups in total. The molecule has 0 aromatic heterocycles. The third-order valence-electron chi connectivity index (χ3n) is 2.55. The predicted octanol–water partition coefficient (Wildman–Crippen LogP) is -1.87. The average molecular weight is 250 g/mol. The lowest BCUT2D eigenvalue weighted by Crippen LogP contribution is -2.59. The summed E-state index contributed by atoms with van der Waals surface area (Å²) in [6, 6.07) is 0. The molecular weight excluding hydrogens is 232 g/mol. The van der Waals surface area contributed by atoms with Crippen LogP contribution in [-0.2, 0) is 14.3 Å². The average Bonchev–Trinajstić information content (AvgIpc) is 2.30. The summed E-state index contributed by atoms with van der Waals surface area (Å²) in [7, 11) is 0. The summed E-state index contributed by atoms with van der Waals surface area (Å²) in [6.45, 7) is 1.24. The molecule has 100 valence electrons. The minimum atomic E-state index is -1.53. The Morgan fingerprint density at radius 2 is 1.88 bits per heavy atom. The van der Waals surface area contributed by atoms with Crippen LogP contribution in [-0.4, -0.2) is 63.7 Å². The molecule has 0 aromatic carbocycles. The fourth-order valence-corrected chi connectivity index (χ4v) is 1.56. The Labute approximate surface area is 98.6 Å². The molecule has 1 fully saturated rings. The maximum Gasteiger partial charge on any atom is 0.308 e. The number of hydrogen-bond acceptors (Lipinski definition) is 7. The van der Waals surface area contributed by atoms with Gasteiger partial charge in [0.2, 0.25) is 6.29 Å². The van der Waals surface area contributed by atoms with Gasteiger partial charge >= 0.3 is 5.97 Å². The van der Waals surface area contributed by atoms with Crippen LogP contribution in [0.4, 0.5) is 0 Å². The first kappa shape index (κ1) is 14.3. The number of ether oxygens (including phenoxy) is 2. The number of aliphatic hydroxyl groups excluding tert-OH is 4. The van der Waals surface area contributed by atoms with Crippen molar-refractivity contribution in [3.8, 4) is 0 Å². The number of aliphatic hydroxyl groups is 4. The van der Waals surface area contributed by atoms with Crippen molar-refractivity contribution in [2.75, 3.05) is 6.61 Å². The molecule has 0 saturated carbocycles. The fourth-order valence-electron chi connectivity index (χ4n) is 1.56. The molecule has 0 bridgehead atoms. The van der Waals surface area contributed by atoms with Crippen LogP contribution in [0, 0.1) is 0 Å². The third kappa shape index (κ3) is 3.36. The zero-order chi connectivity index (χ0) is 13.0. The highest BCUT2D eigenvalue weighted by atomic mass is 16.7. The van der Waals surface area contributed by atoms with E-state index in [1.807, 2.05) is 0 Å². The summed E-state index contributed by atoms with van der Waals surface area (Å²) >= 11 is 0. The Kier molecular flexibility index (Phi) is 5.29. The van der Waals surface area contributed by atoms with Crippen molar-refractivity contribution < 1.29 is 34.7 Å². The third-order valence-corrected chi connectivity index (χ3v) is 2.55. The smallest absolute Gasteiger partial charge is 0.308 e. The normalized spacial score (nSPS) is 37.8. The van der Waals surface area contributed by atoms with Gasteiger partial charge in [0, 0.05) is 6.42 Å². The summed E-state index contributed by atoms with van der Waals surface area (Å²) < 4.78 is 9.80. The maximum atomic E-state index is 11.2. The lowest BCUT2D eigenvalue weighted by atomic mass is 9.99. The van der Waals surface area contributed by atoms with Crippen molar-refractivity contribution in [2.24, 2.45) is 0 Å². The topological polar surface area (TPSA) is 116 Å². The predicted molar refractivity (Wildman–Crippen MR) is 54.8 cm³/mol. The Morgan fingerprint density at radius 3 is 2.41 bits per heavy atom. The molecular formula is C10H18O7. The molecule has 7 nitrogen and oxygen atoms in total. The molecule has 7 heteroatoms. The van der Waals surface area contributed by atoms with Crippen molar-refractivity contribution >= 4 is 5.97 Å². The SMILES string of the molecule is CCCC(=O)OC1O[C@H](CO)[C@H](O)[C@H](O)[C@H]1O. The van der Waals surface area contributed by atoms with Gasteiger partial charge in [0.1, 0.15) is 24.4 Å². The van der Waals surface area contributed by atoms with Gasteiger partial charge in [0.25, 0.3) is 0 Å².